The Hall–Kier alpha value is -2.26. The number of halogens is 3. The van der Waals surface area contributed by atoms with Gasteiger partial charge in [-0.2, -0.15) is 17.5 Å². The number of urea groups is 1. The van der Waals surface area contributed by atoms with Crippen LogP contribution in [0.4, 0.5) is 23.1 Å². The smallest absolute Gasteiger partial charge is 0.360 e. The van der Waals surface area contributed by atoms with E-state index in [4.69, 9.17) is 4.52 Å². The van der Waals surface area contributed by atoms with Crippen LogP contribution in [-0.4, -0.2) is 65.2 Å². The number of piperazine rings is 1. The SMILES string of the molecule is Cc1noc(C)c1S(=O)(=O)N1CCN(C(=O)Nc2nnc(C(F)(F)F)s2)CC1. The Balaban J connectivity index is 1.62. The van der Waals surface area contributed by atoms with E-state index in [2.05, 4.69) is 20.7 Å². The molecule has 2 aromatic rings. The maximum atomic E-state index is 12.7. The molecule has 28 heavy (non-hydrogen) atoms. The van der Waals surface area contributed by atoms with Crippen molar-refractivity contribution in [1.82, 2.24) is 24.6 Å². The first-order valence-electron chi connectivity index (χ1n) is 7.90. The van der Waals surface area contributed by atoms with Gasteiger partial charge in [0.25, 0.3) is 0 Å². The first-order chi connectivity index (χ1) is 13.0. The molecule has 0 unspecified atom stereocenters. The predicted octanol–water partition coefficient (Wildman–Crippen LogP) is 1.70. The van der Waals surface area contributed by atoms with Crippen molar-refractivity contribution in [1.29, 1.82) is 0 Å². The number of sulfonamides is 1. The van der Waals surface area contributed by atoms with Crippen molar-refractivity contribution in [3.8, 4) is 0 Å². The molecule has 0 aliphatic carbocycles. The molecule has 0 radical (unpaired) electrons. The van der Waals surface area contributed by atoms with Crippen LogP contribution in [0.5, 0.6) is 0 Å². The van der Waals surface area contributed by atoms with Gasteiger partial charge in [-0.15, -0.1) is 10.2 Å². The van der Waals surface area contributed by atoms with Gasteiger partial charge >= 0.3 is 12.2 Å². The third-order valence-corrected chi connectivity index (χ3v) is 7.00. The summed E-state index contributed by atoms with van der Waals surface area (Å²) in [5.41, 5.74) is 0.245. The molecule has 3 rings (SSSR count). The lowest BCUT2D eigenvalue weighted by Crippen LogP contribution is -2.51. The lowest BCUT2D eigenvalue weighted by molar-refractivity contribution is -0.138. The van der Waals surface area contributed by atoms with Gasteiger partial charge in [0, 0.05) is 26.2 Å². The van der Waals surface area contributed by atoms with Crippen LogP contribution in [0.3, 0.4) is 0 Å². The number of amides is 2. The molecule has 2 amide bonds. The maximum absolute atomic E-state index is 12.7. The van der Waals surface area contributed by atoms with Crippen LogP contribution >= 0.6 is 11.3 Å². The standard InChI is InChI=1S/C13H15F3N6O4S2/c1-7-9(8(2)26-20-7)28(24,25)22-5-3-21(4-6-22)12(23)17-11-19-18-10(27-11)13(14,15)16/h3-6H2,1-2H3,(H,17,19,23). The number of carbonyl (C=O) groups is 1. The summed E-state index contributed by atoms with van der Waals surface area (Å²) in [7, 11) is -3.83. The van der Waals surface area contributed by atoms with E-state index in [1.807, 2.05) is 0 Å². The Morgan fingerprint density at radius 1 is 1.18 bits per heavy atom. The highest BCUT2D eigenvalue weighted by molar-refractivity contribution is 7.89. The second-order valence-corrected chi connectivity index (χ2v) is 8.74. The van der Waals surface area contributed by atoms with Gasteiger partial charge in [-0.1, -0.05) is 16.5 Å². The Labute approximate surface area is 161 Å². The fourth-order valence-electron chi connectivity index (χ4n) is 2.66. The highest BCUT2D eigenvalue weighted by atomic mass is 32.2. The van der Waals surface area contributed by atoms with E-state index >= 15 is 0 Å². The molecule has 0 bridgehead atoms. The monoisotopic (exact) mass is 440 g/mol. The lowest BCUT2D eigenvalue weighted by Gasteiger charge is -2.33. The first-order valence-corrected chi connectivity index (χ1v) is 10.2. The number of alkyl halides is 3. The molecule has 1 saturated heterocycles. The van der Waals surface area contributed by atoms with Gasteiger partial charge in [-0.25, -0.2) is 13.2 Å². The van der Waals surface area contributed by atoms with E-state index in [0.29, 0.717) is 0 Å². The summed E-state index contributed by atoms with van der Waals surface area (Å²) in [6.45, 7) is 3.16. The van der Waals surface area contributed by atoms with E-state index in [-0.39, 0.29) is 59.0 Å². The van der Waals surface area contributed by atoms with Crippen LogP contribution in [0.2, 0.25) is 0 Å². The molecule has 0 saturated carbocycles. The minimum atomic E-state index is -4.64. The summed E-state index contributed by atoms with van der Waals surface area (Å²) >= 11 is 0.209. The Morgan fingerprint density at radius 3 is 2.32 bits per heavy atom. The van der Waals surface area contributed by atoms with Gasteiger partial charge in [0.05, 0.1) is 0 Å². The number of carbonyl (C=O) groups excluding carboxylic acids is 1. The van der Waals surface area contributed by atoms with Gasteiger partial charge in [0.15, 0.2) is 5.76 Å². The number of aromatic nitrogens is 3. The van der Waals surface area contributed by atoms with Crippen molar-refractivity contribution in [2.45, 2.75) is 24.9 Å². The summed E-state index contributed by atoms with van der Waals surface area (Å²) in [6.07, 6.45) is -4.64. The zero-order valence-electron chi connectivity index (χ0n) is 14.6. The molecule has 2 aromatic heterocycles. The van der Waals surface area contributed by atoms with E-state index in [0.717, 1.165) is 0 Å². The van der Waals surface area contributed by atoms with E-state index in [1.165, 1.54) is 23.1 Å². The van der Waals surface area contributed by atoms with Crippen LogP contribution in [0, 0.1) is 13.8 Å². The van der Waals surface area contributed by atoms with Crippen LogP contribution in [0.15, 0.2) is 9.42 Å². The average Bonchev–Trinajstić information content (AvgIpc) is 3.21. The Bertz CT molecular complexity index is 959. The average molecular weight is 440 g/mol. The molecule has 1 fully saturated rings. The van der Waals surface area contributed by atoms with Crippen LogP contribution < -0.4 is 5.32 Å². The molecule has 0 spiro atoms. The number of nitrogens with one attached hydrogen (secondary N) is 1. The molecule has 15 heteroatoms. The zero-order valence-corrected chi connectivity index (χ0v) is 16.3. The summed E-state index contributed by atoms with van der Waals surface area (Å²) in [4.78, 5) is 13.5. The normalized spacial score (nSPS) is 16.4. The quantitative estimate of drug-likeness (QED) is 0.771. The maximum Gasteiger partial charge on any atom is 0.445 e. The highest BCUT2D eigenvalue weighted by Crippen LogP contribution is 2.33. The Kier molecular flexibility index (Phi) is 5.33. The summed E-state index contributed by atoms with van der Waals surface area (Å²) in [5.74, 6) is 0.175. The second-order valence-electron chi connectivity index (χ2n) is 5.88. The topological polar surface area (TPSA) is 122 Å². The van der Waals surface area contributed by atoms with E-state index < -0.39 is 27.2 Å². The predicted molar refractivity (Wildman–Crippen MR) is 90.2 cm³/mol. The summed E-state index contributed by atoms with van der Waals surface area (Å²) in [5, 5.41) is 10.7. The van der Waals surface area contributed by atoms with Crippen molar-refractivity contribution < 1.29 is 30.9 Å². The van der Waals surface area contributed by atoms with Crippen molar-refractivity contribution in [3.05, 3.63) is 16.5 Å². The molecule has 1 aliphatic rings. The van der Waals surface area contributed by atoms with Gasteiger partial charge < -0.3 is 9.42 Å². The van der Waals surface area contributed by atoms with Crippen molar-refractivity contribution in [3.63, 3.8) is 0 Å². The number of nitrogens with zero attached hydrogens (tertiary/aromatic N) is 5. The van der Waals surface area contributed by atoms with E-state index in [9.17, 15) is 26.4 Å². The van der Waals surface area contributed by atoms with Crippen molar-refractivity contribution >= 4 is 32.5 Å². The molecule has 0 atom stereocenters. The summed E-state index contributed by atoms with van der Waals surface area (Å²) < 4.78 is 69.2. The van der Waals surface area contributed by atoms with Gasteiger partial charge in [0.2, 0.25) is 20.2 Å². The third kappa shape index (κ3) is 3.95. The summed E-state index contributed by atoms with van der Waals surface area (Å²) in [6, 6.07) is -0.681. The fourth-order valence-corrected chi connectivity index (χ4v) is 4.98. The van der Waals surface area contributed by atoms with Gasteiger partial charge in [0.1, 0.15) is 10.6 Å². The number of hydrogen-bond donors (Lipinski definition) is 1. The molecule has 1 aliphatic heterocycles. The molecular formula is C13H15F3N6O4S2. The first kappa shape index (κ1) is 20.5. The molecule has 154 valence electrons. The number of anilines is 1. The third-order valence-electron chi connectivity index (χ3n) is 3.97. The molecule has 0 aromatic carbocycles. The molecule has 3 heterocycles. The van der Waals surface area contributed by atoms with Crippen LogP contribution in [0.1, 0.15) is 16.5 Å². The zero-order chi connectivity index (χ0) is 20.7. The largest absolute Gasteiger partial charge is 0.445 e. The molecule has 1 N–H and O–H groups in total. The van der Waals surface area contributed by atoms with Gasteiger partial charge in [-0.3, -0.25) is 5.32 Å². The number of hydrogen-bond acceptors (Lipinski definition) is 8. The molecule has 10 nitrogen and oxygen atoms in total. The number of aryl methyl sites for hydroxylation is 2. The minimum absolute atomic E-state index is 0.000980. The highest BCUT2D eigenvalue weighted by Gasteiger charge is 2.37. The van der Waals surface area contributed by atoms with Crippen molar-refractivity contribution in [2.75, 3.05) is 31.5 Å². The Morgan fingerprint density at radius 2 is 1.82 bits per heavy atom. The van der Waals surface area contributed by atoms with Crippen LogP contribution in [0.25, 0.3) is 0 Å². The van der Waals surface area contributed by atoms with Crippen LogP contribution in [-0.2, 0) is 16.2 Å². The van der Waals surface area contributed by atoms with Gasteiger partial charge in [-0.05, 0) is 13.8 Å². The fraction of sp³-hybridized carbons (Fsp3) is 0.538. The van der Waals surface area contributed by atoms with Crippen molar-refractivity contribution in [2.24, 2.45) is 0 Å². The van der Waals surface area contributed by atoms with E-state index in [1.54, 1.807) is 0 Å². The minimum Gasteiger partial charge on any atom is -0.360 e. The second kappa shape index (κ2) is 7.29. The number of rotatable bonds is 3. The lowest BCUT2D eigenvalue weighted by atomic mass is 10.4. The molecular weight excluding hydrogens is 425 g/mol.